The maximum atomic E-state index is 10.0. The minimum absolute atomic E-state index is 0.00694. The smallest absolute Gasteiger partial charge is 0.335 e. The highest BCUT2D eigenvalue weighted by Crippen LogP contribution is 2.24. The van der Waals surface area contributed by atoms with E-state index in [-0.39, 0.29) is 6.10 Å². The van der Waals surface area contributed by atoms with Crippen LogP contribution in [0.2, 0.25) is 0 Å². The number of hydrogen-bond donors (Lipinski definition) is 1. The van der Waals surface area contributed by atoms with Gasteiger partial charge in [-0.15, -0.1) is 0 Å². The second-order valence-corrected chi connectivity index (χ2v) is 1.84. The van der Waals surface area contributed by atoms with E-state index in [2.05, 4.69) is 0 Å². The number of epoxide rings is 1. The molecule has 0 saturated carbocycles. The first-order valence-corrected chi connectivity index (χ1v) is 2.64. The van der Waals surface area contributed by atoms with Gasteiger partial charge in [0.15, 0.2) is 6.10 Å². The van der Waals surface area contributed by atoms with Gasteiger partial charge in [-0.25, -0.2) is 4.79 Å². The summed E-state index contributed by atoms with van der Waals surface area (Å²) >= 11 is 0. The Morgan fingerprint density at radius 3 is 2.62 bits per heavy atom. The first-order chi connectivity index (χ1) is 3.75. The van der Waals surface area contributed by atoms with Gasteiger partial charge in [0.1, 0.15) is 0 Å². The van der Waals surface area contributed by atoms with Crippen LogP contribution < -0.4 is 0 Å². The summed E-state index contributed by atoms with van der Waals surface area (Å²) in [6.07, 6.45) is 0.296. The molecule has 2 atom stereocenters. The molecule has 0 radical (unpaired) electrons. The highest BCUT2D eigenvalue weighted by Gasteiger charge is 2.43. The van der Waals surface area contributed by atoms with Crippen LogP contribution in [0.4, 0.5) is 0 Å². The van der Waals surface area contributed by atoms with Crippen molar-refractivity contribution in [2.24, 2.45) is 0 Å². The van der Waals surface area contributed by atoms with Gasteiger partial charge in [0.25, 0.3) is 0 Å². The molecule has 1 aliphatic rings. The average molecular weight is 116 g/mol. The zero-order chi connectivity index (χ0) is 6.15. The summed E-state index contributed by atoms with van der Waals surface area (Å²) in [5.74, 6) is -0.836. The van der Waals surface area contributed by atoms with E-state index >= 15 is 0 Å². The molecule has 46 valence electrons. The topological polar surface area (TPSA) is 49.8 Å². The quantitative estimate of drug-likeness (QED) is 0.526. The van der Waals surface area contributed by atoms with Gasteiger partial charge < -0.3 is 9.84 Å². The average Bonchev–Trinajstić information content (AvgIpc) is 2.42. The molecule has 3 nitrogen and oxygen atoms in total. The Labute approximate surface area is 47.3 Å². The number of carbonyl (C=O) groups is 1. The summed E-state index contributed by atoms with van der Waals surface area (Å²) < 4.78 is 4.73. The Morgan fingerprint density at radius 2 is 2.50 bits per heavy atom. The normalized spacial score (nSPS) is 34.6. The molecule has 0 unspecified atom stereocenters. The van der Waals surface area contributed by atoms with Gasteiger partial charge in [-0.05, 0) is 6.42 Å². The Bertz CT molecular complexity index is 110. The van der Waals surface area contributed by atoms with Crippen LogP contribution in [0.25, 0.3) is 0 Å². The van der Waals surface area contributed by atoms with Gasteiger partial charge >= 0.3 is 5.97 Å². The summed E-state index contributed by atoms with van der Waals surface area (Å²) in [6, 6.07) is 0. The van der Waals surface area contributed by atoms with Crippen LogP contribution in [0.15, 0.2) is 0 Å². The van der Waals surface area contributed by atoms with E-state index in [1.165, 1.54) is 0 Å². The number of carboxylic acid groups (broad SMARTS) is 1. The zero-order valence-corrected chi connectivity index (χ0v) is 4.63. The molecule has 1 rings (SSSR count). The van der Waals surface area contributed by atoms with Crippen LogP contribution in [-0.4, -0.2) is 23.3 Å². The molecule has 0 aromatic rings. The van der Waals surface area contributed by atoms with E-state index in [0.717, 1.165) is 6.42 Å². The highest BCUT2D eigenvalue weighted by atomic mass is 16.6. The van der Waals surface area contributed by atoms with E-state index in [9.17, 15) is 4.79 Å². The third kappa shape index (κ3) is 0.816. The maximum absolute atomic E-state index is 10.0. The molecule has 0 aromatic heterocycles. The third-order valence-electron chi connectivity index (χ3n) is 1.23. The fourth-order valence-corrected chi connectivity index (χ4v) is 0.670. The molecule has 1 fully saturated rings. The minimum Gasteiger partial charge on any atom is -0.479 e. The van der Waals surface area contributed by atoms with Crippen molar-refractivity contribution < 1.29 is 14.6 Å². The fourth-order valence-electron chi connectivity index (χ4n) is 0.670. The lowest BCUT2D eigenvalue weighted by Crippen LogP contribution is -2.06. The van der Waals surface area contributed by atoms with E-state index in [1.54, 1.807) is 0 Å². The van der Waals surface area contributed by atoms with Crippen molar-refractivity contribution in [3.05, 3.63) is 0 Å². The summed E-state index contributed by atoms with van der Waals surface area (Å²) in [6.45, 7) is 1.91. The number of carboxylic acids is 1. The van der Waals surface area contributed by atoms with E-state index in [1.807, 2.05) is 6.92 Å². The maximum Gasteiger partial charge on any atom is 0.335 e. The van der Waals surface area contributed by atoms with Crippen LogP contribution in [0.3, 0.4) is 0 Å². The summed E-state index contributed by atoms with van der Waals surface area (Å²) in [5.41, 5.74) is 0. The summed E-state index contributed by atoms with van der Waals surface area (Å²) in [4.78, 5) is 10.0. The van der Waals surface area contributed by atoms with Crippen molar-refractivity contribution in [2.45, 2.75) is 25.6 Å². The number of hydrogen-bond acceptors (Lipinski definition) is 2. The number of aliphatic carboxylic acids is 1. The van der Waals surface area contributed by atoms with Crippen LogP contribution >= 0.6 is 0 Å². The predicted octanol–water partition coefficient (Wildman–Crippen LogP) is 0.248. The molecule has 0 spiro atoms. The van der Waals surface area contributed by atoms with Gasteiger partial charge in [-0.3, -0.25) is 0 Å². The van der Waals surface area contributed by atoms with Crippen molar-refractivity contribution in [3.63, 3.8) is 0 Å². The molecule has 1 aliphatic heterocycles. The van der Waals surface area contributed by atoms with Crippen LogP contribution in [0, 0.1) is 0 Å². The van der Waals surface area contributed by atoms with Gasteiger partial charge in [0, 0.05) is 0 Å². The largest absolute Gasteiger partial charge is 0.479 e. The number of rotatable bonds is 2. The first kappa shape index (κ1) is 5.56. The summed E-state index contributed by atoms with van der Waals surface area (Å²) in [7, 11) is 0. The Morgan fingerprint density at radius 1 is 1.88 bits per heavy atom. The predicted molar refractivity (Wildman–Crippen MR) is 26.6 cm³/mol. The van der Waals surface area contributed by atoms with Crippen molar-refractivity contribution in [1.82, 2.24) is 0 Å². The number of ether oxygens (including phenoxy) is 1. The lowest BCUT2D eigenvalue weighted by molar-refractivity contribution is -0.138. The molecule has 0 amide bonds. The standard InChI is InChI=1S/C5H8O3/c1-2-3-4(8-3)5(6)7/h3-4H,2H2,1H3,(H,6,7)/t3-,4+/m1/s1. The van der Waals surface area contributed by atoms with Crippen LogP contribution in [0.1, 0.15) is 13.3 Å². The molecule has 8 heavy (non-hydrogen) atoms. The molecular formula is C5H8O3. The monoisotopic (exact) mass is 116 g/mol. The van der Waals surface area contributed by atoms with Gasteiger partial charge in [0.2, 0.25) is 0 Å². The second kappa shape index (κ2) is 1.74. The molecular weight excluding hydrogens is 108 g/mol. The zero-order valence-electron chi connectivity index (χ0n) is 4.63. The third-order valence-corrected chi connectivity index (χ3v) is 1.23. The lowest BCUT2D eigenvalue weighted by atomic mass is 10.3. The molecule has 1 N–H and O–H groups in total. The molecule has 3 heteroatoms. The van der Waals surface area contributed by atoms with E-state index in [4.69, 9.17) is 9.84 Å². The molecule has 1 heterocycles. The summed E-state index contributed by atoms with van der Waals surface area (Å²) in [5, 5.41) is 8.23. The van der Waals surface area contributed by atoms with E-state index in [0.29, 0.717) is 0 Å². The van der Waals surface area contributed by atoms with Gasteiger partial charge in [-0.2, -0.15) is 0 Å². The van der Waals surface area contributed by atoms with Crippen molar-refractivity contribution in [1.29, 1.82) is 0 Å². The highest BCUT2D eigenvalue weighted by molar-refractivity contribution is 5.75. The minimum atomic E-state index is -0.836. The molecule has 0 aliphatic carbocycles. The Hall–Kier alpha value is -0.570. The van der Waals surface area contributed by atoms with Crippen molar-refractivity contribution >= 4 is 5.97 Å². The van der Waals surface area contributed by atoms with Crippen LogP contribution in [-0.2, 0) is 9.53 Å². The fraction of sp³-hybridized carbons (Fsp3) is 0.800. The molecule has 0 bridgehead atoms. The van der Waals surface area contributed by atoms with Crippen molar-refractivity contribution in [2.75, 3.05) is 0 Å². The first-order valence-electron chi connectivity index (χ1n) is 2.64. The van der Waals surface area contributed by atoms with Gasteiger partial charge in [-0.1, -0.05) is 6.92 Å². The Kier molecular flexibility index (Phi) is 1.21. The Balaban J connectivity index is 2.26. The van der Waals surface area contributed by atoms with E-state index < -0.39 is 12.1 Å². The molecule has 0 aromatic carbocycles. The SMILES string of the molecule is CC[C@H]1O[C@@H]1C(=O)O. The van der Waals surface area contributed by atoms with Crippen molar-refractivity contribution in [3.8, 4) is 0 Å². The van der Waals surface area contributed by atoms with Crippen LogP contribution in [0.5, 0.6) is 0 Å². The lowest BCUT2D eigenvalue weighted by Gasteiger charge is -1.78. The van der Waals surface area contributed by atoms with Gasteiger partial charge in [0.05, 0.1) is 6.10 Å². The molecule has 1 saturated heterocycles. The second-order valence-electron chi connectivity index (χ2n) is 1.84.